The van der Waals surface area contributed by atoms with Gasteiger partial charge in [0, 0.05) is 11.7 Å². The number of nitrogens with one attached hydrogen (secondary N) is 1. The first-order chi connectivity index (χ1) is 9.19. The van der Waals surface area contributed by atoms with Gasteiger partial charge in [-0.15, -0.1) is 0 Å². The molecule has 0 aliphatic carbocycles. The maximum atomic E-state index is 5.53. The van der Waals surface area contributed by atoms with Crippen LogP contribution in [0.25, 0.3) is 0 Å². The minimum Gasteiger partial charge on any atom is -0.494 e. The Morgan fingerprint density at radius 1 is 1.32 bits per heavy atom. The standard InChI is InChI=1S/C16H26N2O/c1-4-19-15-7-8-16(13(2)12-15)17-14-6-5-10-18(3)11-9-14/h7-8,12,14,17H,4-6,9-11H2,1-3H3. The number of rotatable bonds is 4. The highest BCUT2D eigenvalue weighted by molar-refractivity contribution is 5.54. The van der Waals surface area contributed by atoms with E-state index in [1.165, 1.54) is 43.6 Å². The second-order valence-electron chi connectivity index (χ2n) is 5.49. The Hall–Kier alpha value is -1.22. The Morgan fingerprint density at radius 3 is 2.89 bits per heavy atom. The summed E-state index contributed by atoms with van der Waals surface area (Å²) in [7, 11) is 2.21. The number of likely N-dealkylation sites (tertiary alicyclic amines) is 1. The summed E-state index contributed by atoms with van der Waals surface area (Å²) in [5.74, 6) is 0.964. The maximum absolute atomic E-state index is 5.53. The molecule has 1 fully saturated rings. The summed E-state index contributed by atoms with van der Waals surface area (Å²) in [4.78, 5) is 2.42. The molecule has 0 amide bonds. The molecule has 1 aromatic carbocycles. The van der Waals surface area contributed by atoms with E-state index in [4.69, 9.17) is 4.74 Å². The van der Waals surface area contributed by atoms with Gasteiger partial charge in [0.25, 0.3) is 0 Å². The van der Waals surface area contributed by atoms with Crippen LogP contribution in [0.5, 0.6) is 5.75 Å². The predicted octanol–water partition coefficient (Wildman–Crippen LogP) is 3.29. The van der Waals surface area contributed by atoms with Crippen LogP contribution in [0.1, 0.15) is 31.7 Å². The van der Waals surface area contributed by atoms with Crippen LogP contribution in [-0.2, 0) is 0 Å². The van der Waals surface area contributed by atoms with Crippen molar-refractivity contribution in [2.75, 3.05) is 32.1 Å². The molecular formula is C16H26N2O. The Kier molecular flexibility index (Phi) is 5.08. The van der Waals surface area contributed by atoms with Crippen molar-refractivity contribution in [1.29, 1.82) is 0 Å². The second kappa shape index (κ2) is 6.80. The average molecular weight is 262 g/mol. The molecule has 0 aromatic heterocycles. The van der Waals surface area contributed by atoms with Crippen molar-refractivity contribution in [2.45, 2.75) is 39.2 Å². The molecule has 1 heterocycles. The first-order valence-electron chi connectivity index (χ1n) is 7.37. The molecule has 1 N–H and O–H groups in total. The largest absolute Gasteiger partial charge is 0.494 e. The minimum absolute atomic E-state index is 0.599. The van der Waals surface area contributed by atoms with Gasteiger partial charge in [0.1, 0.15) is 5.75 Å². The van der Waals surface area contributed by atoms with E-state index in [1.54, 1.807) is 0 Å². The second-order valence-corrected chi connectivity index (χ2v) is 5.49. The summed E-state index contributed by atoms with van der Waals surface area (Å²) in [6, 6.07) is 6.92. The van der Waals surface area contributed by atoms with E-state index in [0.717, 1.165) is 12.4 Å². The summed E-state index contributed by atoms with van der Waals surface area (Å²) in [6.07, 6.45) is 3.77. The molecule has 1 aromatic rings. The zero-order chi connectivity index (χ0) is 13.7. The Labute approximate surface area is 116 Å². The van der Waals surface area contributed by atoms with E-state index in [2.05, 4.69) is 42.4 Å². The third kappa shape index (κ3) is 4.13. The monoisotopic (exact) mass is 262 g/mol. The van der Waals surface area contributed by atoms with Crippen LogP contribution >= 0.6 is 0 Å². The van der Waals surface area contributed by atoms with Gasteiger partial charge in [-0.25, -0.2) is 0 Å². The first kappa shape index (κ1) is 14.2. The van der Waals surface area contributed by atoms with Crippen LogP contribution in [0.3, 0.4) is 0 Å². The molecule has 0 saturated carbocycles. The molecule has 0 spiro atoms. The van der Waals surface area contributed by atoms with Crippen molar-refractivity contribution in [1.82, 2.24) is 4.90 Å². The SMILES string of the molecule is CCOc1ccc(NC2CCCN(C)CC2)c(C)c1. The molecule has 1 atom stereocenters. The van der Waals surface area contributed by atoms with Crippen molar-refractivity contribution in [3.05, 3.63) is 23.8 Å². The normalized spacial score (nSPS) is 20.9. The predicted molar refractivity (Wildman–Crippen MR) is 81.1 cm³/mol. The van der Waals surface area contributed by atoms with E-state index in [9.17, 15) is 0 Å². The Balaban J connectivity index is 1.98. The maximum Gasteiger partial charge on any atom is 0.119 e. The van der Waals surface area contributed by atoms with Crippen LogP contribution in [0.2, 0.25) is 0 Å². The number of hydrogen-bond acceptors (Lipinski definition) is 3. The Bertz CT molecular complexity index is 406. The first-order valence-corrected chi connectivity index (χ1v) is 7.37. The van der Waals surface area contributed by atoms with Gasteiger partial charge in [-0.3, -0.25) is 0 Å². The van der Waals surface area contributed by atoms with Crippen molar-refractivity contribution in [3.63, 3.8) is 0 Å². The van der Waals surface area contributed by atoms with Gasteiger partial charge in [-0.05, 0) is 77.0 Å². The molecule has 2 rings (SSSR count). The van der Waals surface area contributed by atoms with Crippen molar-refractivity contribution < 1.29 is 4.74 Å². The summed E-state index contributed by atoms with van der Waals surface area (Å²) < 4.78 is 5.53. The lowest BCUT2D eigenvalue weighted by Gasteiger charge is -2.20. The summed E-state index contributed by atoms with van der Waals surface area (Å²) >= 11 is 0. The molecule has 0 radical (unpaired) electrons. The average Bonchev–Trinajstić information content (AvgIpc) is 2.58. The number of ether oxygens (including phenoxy) is 1. The zero-order valence-corrected chi connectivity index (χ0v) is 12.4. The van der Waals surface area contributed by atoms with E-state index < -0.39 is 0 Å². The zero-order valence-electron chi connectivity index (χ0n) is 12.4. The molecule has 3 nitrogen and oxygen atoms in total. The van der Waals surface area contributed by atoms with E-state index >= 15 is 0 Å². The summed E-state index contributed by atoms with van der Waals surface area (Å²) in [6.45, 7) is 7.30. The number of anilines is 1. The van der Waals surface area contributed by atoms with Crippen LogP contribution in [-0.4, -0.2) is 37.7 Å². The fourth-order valence-electron chi connectivity index (χ4n) is 2.66. The van der Waals surface area contributed by atoms with E-state index in [1.807, 2.05) is 6.92 Å². The molecule has 19 heavy (non-hydrogen) atoms. The van der Waals surface area contributed by atoms with Crippen LogP contribution < -0.4 is 10.1 Å². The quantitative estimate of drug-likeness (QED) is 0.901. The topological polar surface area (TPSA) is 24.5 Å². The molecule has 0 bridgehead atoms. The molecule has 1 unspecified atom stereocenters. The molecule has 1 saturated heterocycles. The number of benzene rings is 1. The van der Waals surface area contributed by atoms with Gasteiger partial charge in [0.05, 0.1) is 6.61 Å². The lowest BCUT2D eigenvalue weighted by Crippen LogP contribution is -2.23. The lowest BCUT2D eigenvalue weighted by molar-refractivity contribution is 0.340. The molecule has 3 heteroatoms. The smallest absolute Gasteiger partial charge is 0.119 e. The highest BCUT2D eigenvalue weighted by Gasteiger charge is 2.15. The number of aryl methyl sites for hydroxylation is 1. The highest BCUT2D eigenvalue weighted by Crippen LogP contribution is 2.24. The number of nitrogens with zero attached hydrogens (tertiary/aromatic N) is 1. The van der Waals surface area contributed by atoms with Crippen LogP contribution in [0.15, 0.2) is 18.2 Å². The van der Waals surface area contributed by atoms with Crippen LogP contribution in [0.4, 0.5) is 5.69 Å². The van der Waals surface area contributed by atoms with Gasteiger partial charge in [-0.2, -0.15) is 0 Å². The fraction of sp³-hybridized carbons (Fsp3) is 0.625. The third-order valence-corrected chi connectivity index (χ3v) is 3.82. The molecular weight excluding hydrogens is 236 g/mol. The van der Waals surface area contributed by atoms with Crippen molar-refractivity contribution in [3.8, 4) is 5.75 Å². The van der Waals surface area contributed by atoms with Crippen LogP contribution in [0, 0.1) is 6.92 Å². The molecule has 106 valence electrons. The minimum atomic E-state index is 0.599. The molecule has 1 aliphatic rings. The summed E-state index contributed by atoms with van der Waals surface area (Å²) in [5, 5.41) is 3.70. The van der Waals surface area contributed by atoms with Crippen molar-refractivity contribution >= 4 is 5.69 Å². The third-order valence-electron chi connectivity index (χ3n) is 3.82. The van der Waals surface area contributed by atoms with E-state index in [0.29, 0.717) is 6.04 Å². The lowest BCUT2D eigenvalue weighted by atomic mass is 10.1. The van der Waals surface area contributed by atoms with Gasteiger partial charge < -0.3 is 15.0 Å². The van der Waals surface area contributed by atoms with Gasteiger partial charge in [-0.1, -0.05) is 0 Å². The fourth-order valence-corrected chi connectivity index (χ4v) is 2.66. The van der Waals surface area contributed by atoms with Gasteiger partial charge in [0.2, 0.25) is 0 Å². The van der Waals surface area contributed by atoms with E-state index in [-0.39, 0.29) is 0 Å². The van der Waals surface area contributed by atoms with Gasteiger partial charge in [0.15, 0.2) is 0 Å². The summed E-state index contributed by atoms with van der Waals surface area (Å²) in [5.41, 5.74) is 2.52. The molecule has 1 aliphatic heterocycles. The van der Waals surface area contributed by atoms with Gasteiger partial charge >= 0.3 is 0 Å². The van der Waals surface area contributed by atoms with Crippen molar-refractivity contribution in [2.24, 2.45) is 0 Å². The Morgan fingerprint density at radius 2 is 2.16 bits per heavy atom. The number of hydrogen-bond donors (Lipinski definition) is 1. The highest BCUT2D eigenvalue weighted by atomic mass is 16.5.